The van der Waals surface area contributed by atoms with Crippen molar-refractivity contribution in [1.29, 1.82) is 0 Å². The molecule has 0 atom stereocenters. The molecule has 5 heteroatoms. The van der Waals surface area contributed by atoms with E-state index in [9.17, 15) is 0 Å². The highest BCUT2D eigenvalue weighted by Crippen LogP contribution is 2.09. The Morgan fingerprint density at radius 1 is 1.29 bits per heavy atom. The number of aryl methyl sites for hydroxylation is 1. The second-order valence-electron chi connectivity index (χ2n) is 5.25. The SMILES string of the molecule is CCc1ccc(NC(N)=NCCCN2CCOCC2)cc1. The quantitative estimate of drug-likeness (QED) is 0.475. The third-order valence-corrected chi connectivity index (χ3v) is 3.65. The van der Waals surface area contributed by atoms with Gasteiger partial charge in [0.05, 0.1) is 13.2 Å². The minimum absolute atomic E-state index is 0.487. The molecule has 2 rings (SSSR count). The standard InChI is InChI=1S/C16H26N4O/c1-2-14-4-6-15(7-5-14)19-16(17)18-8-3-9-20-10-12-21-13-11-20/h4-7H,2-3,8-13H2,1H3,(H3,17,18,19). The van der Waals surface area contributed by atoms with Crippen molar-refractivity contribution in [2.75, 3.05) is 44.7 Å². The normalized spacial score (nSPS) is 16.9. The number of hydrogen-bond acceptors (Lipinski definition) is 3. The smallest absolute Gasteiger partial charge is 0.193 e. The molecule has 116 valence electrons. The molecule has 0 aromatic heterocycles. The van der Waals surface area contributed by atoms with Crippen LogP contribution in [0.15, 0.2) is 29.3 Å². The van der Waals surface area contributed by atoms with Gasteiger partial charge in [-0.05, 0) is 30.5 Å². The number of nitrogens with two attached hydrogens (primary N) is 1. The van der Waals surface area contributed by atoms with E-state index >= 15 is 0 Å². The number of hydrogen-bond donors (Lipinski definition) is 2. The van der Waals surface area contributed by atoms with Crippen LogP contribution in [0, 0.1) is 0 Å². The molecule has 1 aromatic rings. The summed E-state index contributed by atoms with van der Waals surface area (Å²) in [6.45, 7) is 7.71. The number of anilines is 1. The predicted octanol–water partition coefficient (Wildman–Crippen LogP) is 1.70. The van der Waals surface area contributed by atoms with Gasteiger partial charge in [-0.25, -0.2) is 0 Å². The van der Waals surface area contributed by atoms with Gasteiger partial charge in [0.25, 0.3) is 0 Å². The van der Waals surface area contributed by atoms with Crippen molar-refractivity contribution in [3.8, 4) is 0 Å². The van der Waals surface area contributed by atoms with Crippen molar-refractivity contribution in [3.05, 3.63) is 29.8 Å². The molecule has 0 spiro atoms. The fraction of sp³-hybridized carbons (Fsp3) is 0.562. The molecule has 0 unspecified atom stereocenters. The van der Waals surface area contributed by atoms with Gasteiger partial charge in [-0.15, -0.1) is 0 Å². The van der Waals surface area contributed by atoms with E-state index in [1.54, 1.807) is 0 Å². The van der Waals surface area contributed by atoms with Gasteiger partial charge in [0.1, 0.15) is 0 Å². The van der Waals surface area contributed by atoms with Crippen LogP contribution >= 0.6 is 0 Å². The van der Waals surface area contributed by atoms with Crippen molar-refractivity contribution >= 4 is 11.6 Å². The van der Waals surface area contributed by atoms with Crippen LogP contribution in [0.25, 0.3) is 0 Å². The second-order valence-corrected chi connectivity index (χ2v) is 5.25. The van der Waals surface area contributed by atoms with Crippen molar-refractivity contribution < 1.29 is 4.74 Å². The lowest BCUT2D eigenvalue weighted by Gasteiger charge is -2.26. The molecule has 5 nitrogen and oxygen atoms in total. The Morgan fingerprint density at radius 3 is 2.67 bits per heavy atom. The summed E-state index contributed by atoms with van der Waals surface area (Å²) in [4.78, 5) is 6.78. The number of aliphatic imine (C=N–C) groups is 1. The number of nitrogens with one attached hydrogen (secondary N) is 1. The van der Waals surface area contributed by atoms with E-state index in [1.165, 1.54) is 5.56 Å². The van der Waals surface area contributed by atoms with E-state index < -0.39 is 0 Å². The average Bonchev–Trinajstić information content (AvgIpc) is 2.53. The average molecular weight is 290 g/mol. The lowest BCUT2D eigenvalue weighted by Crippen LogP contribution is -2.37. The molecule has 1 aromatic carbocycles. The molecule has 1 saturated heterocycles. The van der Waals surface area contributed by atoms with Gasteiger partial charge in [0.2, 0.25) is 0 Å². The zero-order valence-corrected chi connectivity index (χ0v) is 12.8. The summed E-state index contributed by atoms with van der Waals surface area (Å²) in [5.74, 6) is 0.487. The lowest BCUT2D eigenvalue weighted by molar-refractivity contribution is 0.0377. The summed E-state index contributed by atoms with van der Waals surface area (Å²) in [6.07, 6.45) is 2.07. The summed E-state index contributed by atoms with van der Waals surface area (Å²) < 4.78 is 5.33. The van der Waals surface area contributed by atoms with E-state index in [4.69, 9.17) is 10.5 Å². The monoisotopic (exact) mass is 290 g/mol. The van der Waals surface area contributed by atoms with E-state index in [0.717, 1.165) is 57.9 Å². The topological polar surface area (TPSA) is 62.9 Å². The van der Waals surface area contributed by atoms with Gasteiger partial charge in [0.15, 0.2) is 5.96 Å². The maximum Gasteiger partial charge on any atom is 0.193 e. The van der Waals surface area contributed by atoms with E-state index in [0.29, 0.717) is 5.96 Å². The Balaban J connectivity index is 1.68. The van der Waals surface area contributed by atoms with Gasteiger partial charge >= 0.3 is 0 Å². The Morgan fingerprint density at radius 2 is 2.00 bits per heavy atom. The molecule has 1 fully saturated rings. The molecule has 0 aliphatic carbocycles. The van der Waals surface area contributed by atoms with Gasteiger partial charge in [0, 0.05) is 31.9 Å². The molecule has 0 radical (unpaired) electrons. The van der Waals surface area contributed by atoms with Crippen molar-refractivity contribution in [2.24, 2.45) is 10.7 Å². The highest BCUT2D eigenvalue weighted by molar-refractivity contribution is 5.92. The van der Waals surface area contributed by atoms with Crippen molar-refractivity contribution in [2.45, 2.75) is 19.8 Å². The second kappa shape index (κ2) is 8.64. The summed E-state index contributed by atoms with van der Waals surface area (Å²) in [5, 5.41) is 3.13. The van der Waals surface area contributed by atoms with Crippen molar-refractivity contribution in [3.63, 3.8) is 0 Å². The number of guanidine groups is 1. The van der Waals surface area contributed by atoms with Gasteiger partial charge in [-0.2, -0.15) is 0 Å². The molecular formula is C16H26N4O. The number of nitrogens with zero attached hydrogens (tertiary/aromatic N) is 2. The van der Waals surface area contributed by atoms with Crippen LogP contribution in [0.4, 0.5) is 5.69 Å². The number of benzene rings is 1. The summed E-state index contributed by atoms with van der Waals surface area (Å²) in [7, 11) is 0. The zero-order valence-electron chi connectivity index (χ0n) is 12.8. The maximum atomic E-state index is 5.90. The predicted molar refractivity (Wildman–Crippen MR) is 87.8 cm³/mol. The molecular weight excluding hydrogens is 264 g/mol. The van der Waals surface area contributed by atoms with Crippen LogP contribution in [0.2, 0.25) is 0 Å². The Kier molecular flexibility index (Phi) is 6.50. The van der Waals surface area contributed by atoms with Crippen LogP contribution < -0.4 is 11.1 Å². The first-order valence-corrected chi connectivity index (χ1v) is 7.74. The van der Waals surface area contributed by atoms with E-state index in [-0.39, 0.29) is 0 Å². The highest BCUT2D eigenvalue weighted by Gasteiger charge is 2.08. The van der Waals surface area contributed by atoms with Crippen molar-refractivity contribution in [1.82, 2.24) is 4.90 Å². The minimum atomic E-state index is 0.487. The number of ether oxygens (including phenoxy) is 1. The molecule has 1 aliphatic heterocycles. The van der Waals surface area contributed by atoms with Gasteiger partial charge < -0.3 is 15.8 Å². The maximum absolute atomic E-state index is 5.90. The fourth-order valence-corrected chi connectivity index (χ4v) is 2.33. The number of rotatable bonds is 6. The number of morpholine rings is 1. The molecule has 1 heterocycles. The third kappa shape index (κ3) is 5.73. The minimum Gasteiger partial charge on any atom is -0.379 e. The zero-order chi connectivity index (χ0) is 14.9. The molecule has 0 amide bonds. The van der Waals surface area contributed by atoms with Crippen LogP contribution in [0.1, 0.15) is 18.9 Å². The first-order chi connectivity index (χ1) is 10.3. The molecule has 21 heavy (non-hydrogen) atoms. The lowest BCUT2D eigenvalue weighted by atomic mass is 10.1. The van der Waals surface area contributed by atoms with E-state index in [1.807, 2.05) is 12.1 Å². The van der Waals surface area contributed by atoms with Crippen LogP contribution in [-0.2, 0) is 11.2 Å². The largest absolute Gasteiger partial charge is 0.379 e. The Labute approximate surface area is 127 Å². The molecule has 3 N–H and O–H groups in total. The first-order valence-electron chi connectivity index (χ1n) is 7.74. The highest BCUT2D eigenvalue weighted by atomic mass is 16.5. The van der Waals surface area contributed by atoms with Crippen LogP contribution in [0.3, 0.4) is 0 Å². The Hall–Kier alpha value is -1.59. The first kappa shape index (κ1) is 15.8. The van der Waals surface area contributed by atoms with E-state index in [2.05, 4.69) is 34.3 Å². The van der Waals surface area contributed by atoms with Crippen LogP contribution in [-0.4, -0.2) is 50.3 Å². The van der Waals surface area contributed by atoms with Gasteiger partial charge in [-0.1, -0.05) is 19.1 Å². The molecule has 1 aliphatic rings. The van der Waals surface area contributed by atoms with Crippen LogP contribution in [0.5, 0.6) is 0 Å². The molecule has 0 bridgehead atoms. The Bertz CT molecular complexity index is 438. The fourth-order valence-electron chi connectivity index (χ4n) is 2.33. The summed E-state index contributed by atoms with van der Waals surface area (Å²) in [5.41, 5.74) is 8.21. The summed E-state index contributed by atoms with van der Waals surface area (Å²) in [6, 6.07) is 8.28. The summed E-state index contributed by atoms with van der Waals surface area (Å²) >= 11 is 0. The molecule has 0 saturated carbocycles. The van der Waals surface area contributed by atoms with Gasteiger partial charge in [-0.3, -0.25) is 9.89 Å². The third-order valence-electron chi connectivity index (χ3n) is 3.65.